The number of nitrogens with one attached hydrogen (secondary N) is 1. The minimum atomic E-state index is -0.189. The Labute approximate surface area is 121 Å². The molecule has 1 unspecified atom stereocenters. The number of aromatic nitrogens is 2. The van der Waals surface area contributed by atoms with E-state index in [4.69, 9.17) is 4.74 Å². The number of ketones is 1. The maximum Gasteiger partial charge on any atom is 0.158 e. The van der Waals surface area contributed by atoms with Gasteiger partial charge in [-0.15, -0.1) is 0 Å². The Morgan fingerprint density at radius 2 is 2.37 bits per heavy atom. The van der Waals surface area contributed by atoms with Gasteiger partial charge in [-0.3, -0.25) is 9.48 Å². The highest BCUT2D eigenvalue weighted by Gasteiger charge is 2.24. The summed E-state index contributed by atoms with van der Waals surface area (Å²) in [5.41, 5.74) is 1.98. The van der Waals surface area contributed by atoms with Gasteiger partial charge >= 0.3 is 0 Å². The van der Waals surface area contributed by atoms with Gasteiger partial charge in [0, 0.05) is 13.1 Å². The van der Waals surface area contributed by atoms with Crippen LogP contribution in [0.25, 0.3) is 0 Å². The quantitative estimate of drug-likeness (QED) is 0.885. The topological polar surface area (TPSA) is 56.2 Å². The maximum atomic E-state index is 12.3. The molecule has 1 aromatic rings. The lowest BCUT2D eigenvalue weighted by Gasteiger charge is -2.22. The first-order chi connectivity index (χ1) is 9.17. The summed E-state index contributed by atoms with van der Waals surface area (Å²) in [5.74, 6) is 0.164. The van der Waals surface area contributed by atoms with Crippen molar-refractivity contribution >= 4 is 21.7 Å². The largest absolute Gasteiger partial charge is 0.378 e. The van der Waals surface area contributed by atoms with Crippen LogP contribution in [-0.4, -0.2) is 41.4 Å². The second-order valence-electron chi connectivity index (χ2n) is 4.60. The van der Waals surface area contributed by atoms with E-state index in [1.54, 1.807) is 0 Å². The Bertz CT molecular complexity index is 453. The van der Waals surface area contributed by atoms with Crippen LogP contribution in [0.1, 0.15) is 25.2 Å². The number of aryl methyl sites for hydroxylation is 2. The van der Waals surface area contributed by atoms with Crippen LogP contribution < -0.4 is 5.32 Å². The molecule has 0 aromatic carbocycles. The zero-order chi connectivity index (χ0) is 13.8. The van der Waals surface area contributed by atoms with Gasteiger partial charge in [-0.2, -0.15) is 5.10 Å². The van der Waals surface area contributed by atoms with E-state index in [1.807, 2.05) is 11.6 Å². The van der Waals surface area contributed by atoms with Crippen molar-refractivity contribution in [3.05, 3.63) is 15.9 Å². The van der Waals surface area contributed by atoms with E-state index in [1.165, 1.54) is 0 Å². The zero-order valence-electron chi connectivity index (χ0n) is 11.4. The summed E-state index contributed by atoms with van der Waals surface area (Å²) in [6, 6.07) is -0.189. The monoisotopic (exact) mass is 329 g/mol. The standard InChI is InChI=1S/C13H20BrN3O2/c1-3-9-13(14)11(17(4-2)16-9)7-12(18)10-8-19-6-5-15-10/h10,15H,3-8H2,1-2H3. The average Bonchev–Trinajstić information content (AvgIpc) is 2.76. The van der Waals surface area contributed by atoms with Crippen LogP contribution in [0.3, 0.4) is 0 Å². The van der Waals surface area contributed by atoms with Gasteiger partial charge in [-0.1, -0.05) is 6.92 Å². The van der Waals surface area contributed by atoms with E-state index in [9.17, 15) is 4.79 Å². The molecule has 2 rings (SSSR count). The summed E-state index contributed by atoms with van der Waals surface area (Å²) < 4.78 is 8.22. The summed E-state index contributed by atoms with van der Waals surface area (Å²) in [5, 5.41) is 7.71. The first-order valence-corrected chi connectivity index (χ1v) is 7.54. The molecule has 19 heavy (non-hydrogen) atoms. The smallest absolute Gasteiger partial charge is 0.158 e. The third-order valence-corrected chi connectivity index (χ3v) is 4.26. The maximum absolute atomic E-state index is 12.3. The lowest BCUT2D eigenvalue weighted by atomic mass is 10.1. The SMILES string of the molecule is CCc1nn(CC)c(CC(=O)C2COCCN2)c1Br. The fourth-order valence-corrected chi connectivity index (χ4v) is 2.95. The molecule has 1 aromatic heterocycles. The van der Waals surface area contributed by atoms with E-state index in [0.29, 0.717) is 19.6 Å². The summed E-state index contributed by atoms with van der Waals surface area (Å²) in [6.07, 6.45) is 1.25. The molecular weight excluding hydrogens is 310 g/mol. The molecule has 0 spiro atoms. The van der Waals surface area contributed by atoms with Crippen molar-refractivity contribution in [3.63, 3.8) is 0 Å². The van der Waals surface area contributed by atoms with Gasteiger partial charge in [0.05, 0.1) is 41.5 Å². The highest BCUT2D eigenvalue weighted by Crippen LogP contribution is 2.23. The van der Waals surface area contributed by atoms with E-state index in [0.717, 1.165) is 35.4 Å². The third-order valence-electron chi connectivity index (χ3n) is 3.35. The van der Waals surface area contributed by atoms with Crippen molar-refractivity contribution < 1.29 is 9.53 Å². The van der Waals surface area contributed by atoms with Crippen molar-refractivity contribution in [1.82, 2.24) is 15.1 Å². The lowest BCUT2D eigenvalue weighted by molar-refractivity contribution is -0.123. The van der Waals surface area contributed by atoms with Crippen LogP contribution in [0.2, 0.25) is 0 Å². The first kappa shape index (κ1) is 14.7. The van der Waals surface area contributed by atoms with E-state index < -0.39 is 0 Å². The molecule has 1 saturated heterocycles. The number of hydrogen-bond acceptors (Lipinski definition) is 4. The summed E-state index contributed by atoms with van der Waals surface area (Å²) in [6.45, 7) is 6.77. The van der Waals surface area contributed by atoms with Crippen molar-refractivity contribution in [1.29, 1.82) is 0 Å². The molecular formula is C13H20BrN3O2. The first-order valence-electron chi connectivity index (χ1n) is 6.75. The van der Waals surface area contributed by atoms with Crippen molar-refractivity contribution in [2.45, 2.75) is 39.3 Å². The molecule has 1 aliphatic rings. The number of halogens is 1. The summed E-state index contributed by atoms with van der Waals surface area (Å²) in [7, 11) is 0. The molecule has 0 amide bonds. The van der Waals surface area contributed by atoms with Crippen LogP contribution >= 0.6 is 15.9 Å². The highest BCUT2D eigenvalue weighted by molar-refractivity contribution is 9.10. The van der Waals surface area contributed by atoms with Crippen molar-refractivity contribution in [2.75, 3.05) is 19.8 Å². The predicted octanol–water partition coefficient (Wildman–Crippen LogP) is 1.33. The molecule has 1 N–H and O–H groups in total. The van der Waals surface area contributed by atoms with Crippen LogP contribution in [0.5, 0.6) is 0 Å². The fourth-order valence-electron chi connectivity index (χ4n) is 2.25. The van der Waals surface area contributed by atoms with Gasteiger partial charge in [0.15, 0.2) is 5.78 Å². The number of nitrogens with zero attached hydrogens (tertiary/aromatic N) is 2. The molecule has 5 nitrogen and oxygen atoms in total. The van der Waals surface area contributed by atoms with Crippen LogP contribution in [0.15, 0.2) is 4.47 Å². The number of Topliss-reactive ketones (excluding diaryl/α,β-unsaturated/α-hetero) is 1. The number of carbonyl (C=O) groups is 1. The number of ether oxygens (including phenoxy) is 1. The Kier molecular flexibility index (Phi) is 5.13. The second-order valence-corrected chi connectivity index (χ2v) is 5.39. The van der Waals surface area contributed by atoms with Gasteiger partial charge in [0.2, 0.25) is 0 Å². The Hall–Kier alpha value is -0.720. The van der Waals surface area contributed by atoms with Gasteiger partial charge in [-0.05, 0) is 29.3 Å². The molecule has 1 fully saturated rings. The van der Waals surface area contributed by atoms with Gasteiger partial charge in [0.25, 0.3) is 0 Å². The van der Waals surface area contributed by atoms with Gasteiger partial charge < -0.3 is 10.1 Å². The molecule has 2 heterocycles. The highest BCUT2D eigenvalue weighted by atomic mass is 79.9. The summed E-state index contributed by atoms with van der Waals surface area (Å²) in [4.78, 5) is 12.3. The van der Waals surface area contributed by atoms with Crippen molar-refractivity contribution in [3.8, 4) is 0 Å². The minimum Gasteiger partial charge on any atom is -0.378 e. The van der Waals surface area contributed by atoms with E-state index >= 15 is 0 Å². The Morgan fingerprint density at radius 3 is 2.95 bits per heavy atom. The molecule has 0 bridgehead atoms. The molecule has 0 saturated carbocycles. The fraction of sp³-hybridized carbons (Fsp3) is 0.692. The van der Waals surface area contributed by atoms with E-state index in [-0.39, 0.29) is 11.8 Å². The van der Waals surface area contributed by atoms with Crippen molar-refractivity contribution in [2.24, 2.45) is 0 Å². The van der Waals surface area contributed by atoms with Crippen LogP contribution in [0, 0.1) is 0 Å². The molecule has 1 atom stereocenters. The molecule has 0 aliphatic carbocycles. The zero-order valence-corrected chi connectivity index (χ0v) is 13.0. The predicted molar refractivity (Wildman–Crippen MR) is 76.3 cm³/mol. The Balaban J connectivity index is 2.13. The van der Waals surface area contributed by atoms with E-state index in [2.05, 4.69) is 33.3 Å². The average molecular weight is 330 g/mol. The number of morpholine rings is 1. The molecule has 6 heteroatoms. The molecule has 106 valence electrons. The molecule has 0 radical (unpaired) electrons. The summed E-state index contributed by atoms with van der Waals surface area (Å²) >= 11 is 3.57. The second kappa shape index (κ2) is 6.63. The number of hydrogen-bond donors (Lipinski definition) is 1. The third kappa shape index (κ3) is 3.24. The lowest BCUT2D eigenvalue weighted by Crippen LogP contribution is -2.47. The van der Waals surface area contributed by atoms with Crippen LogP contribution in [0.4, 0.5) is 0 Å². The number of rotatable bonds is 5. The number of carbonyl (C=O) groups excluding carboxylic acids is 1. The van der Waals surface area contributed by atoms with Gasteiger partial charge in [0.1, 0.15) is 0 Å². The van der Waals surface area contributed by atoms with Gasteiger partial charge in [-0.25, -0.2) is 0 Å². The molecule has 1 aliphatic heterocycles. The van der Waals surface area contributed by atoms with Crippen LogP contribution in [-0.2, 0) is 28.9 Å². The minimum absolute atomic E-state index is 0.164. The Morgan fingerprint density at radius 1 is 1.58 bits per heavy atom. The normalized spacial score (nSPS) is 19.6.